The molecule has 0 saturated heterocycles. The fourth-order valence-corrected chi connectivity index (χ4v) is 0. The topological polar surface area (TPSA) is 0 Å². The van der Waals surface area contributed by atoms with Crippen molar-refractivity contribution in [2.24, 2.45) is 0 Å². The van der Waals surface area contributed by atoms with Gasteiger partial charge < -0.3 is 0 Å². The monoisotopic (exact) mass is 280 g/mol. The summed E-state index contributed by atoms with van der Waals surface area (Å²) in [6.07, 6.45) is 0. The van der Waals surface area contributed by atoms with Crippen molar-refractivity contribution in [3.8, 4) is 0 Å². The van der Waals surface area contributed by atoms with Crippen molar-refractivity contribution >= 4 is 69.5 Å². The molecule has 0 aromatic carbocycles. The van der Waals surface area contributed by atoms with Crippen LogP contribution in [0.3, 0.4) is 0 Å². The van der Waals surface area contributed by atoms with Gasteiger partial charge in [0.15, 0.2) is 0 Å². The average molecular weight is 283 g/mol. The van der Waals surface area contributed by atoms with E-state index in [0.29, 0.717) is 0 Å². The molecule has 0 rings (SSSR count). The van der Waals surface area contributed by atoms with E-state index in [1.807, 2.05) is 0 Å². The predicted octanol–water partition coefficient (Wildman–Crippen LogP) is 2.00. The van der Waals surface area contributed by atoms with E-state index in [1.54, 1.807) is 0 Å². The summed E-state index contributed by atoms with van der Waals surface area (Å²) in [5.41, 5.74) is 0. The molecule has 0 aliphatic rings. The maximum Gasteiger partial charge on any atom is 1.00 e. The summed E-state index contributed by atoms with van der Waals surface area (Å²) in [6, 6.07) is 0. The van der Waals surface area contributed by atoms with Crippen LogP contribution in [0.15, 0.2) is 0 Å². The van der Waals surface area contributed by atoms with Crippen LogP contribution in [-0.2, 0) is 0 Å². The summed E-state index contributed by atoms with van der Waals surface area (Å²) in [4.78, 5) is 0. The molecule has 0 unspecified atom stereocenters. The van der Waals surface area contributed by atoms with Gasteiger partial charge in [-0.1, -0.05) is 0 Å². The molecule has 0 heterocycles. The van der Waals surface area contributed by atoms with Gasteiger partial charge in [-0.25, -0.2) is 0 Å². The van der Waals surface area contributed by atoms with Crippen LogP contribution in [-0.4, -0.2) is 0 Å². The maximum absolute atomic E-state index is 5.00. The summed E-state index contributed by atoms with van der Waals surface area (Å²) in [5, 5.41) is 0. The molecule has 0 fully saturated rings. The molecule has 0 N–H and O–H groups in total. The minimum Gasteiger partial charge on any atom is 1.00 e. The van der Waals surface area contributed by atoms with Crippen LogP contribution < -0.4 is 51.4 Å². The average Bonchev–Trinajstić information content (AvgIpc) is 0.592. The Bertz CT molecular complexity index is 67.1. The Balaban J connectivity index is 0. The fourth-order valence-electron chi connectivity index (χ4n) is 0. The van der Waals surface area contributed by atoms with Gasteiger partial charge in [-0.2, -0.15) is 0 Å². The number of halogens is 6. The smallest absolute Gasteiger partial charge is 1.00 e. The van der Waals surface area contributed by atoms with Crippen LogP contribution in [0.5, 0.6) is 0 Å². The molecule has 48 valence electrons. The second kappa shape index (κ2) is 2.94. The molecule has 0 radical (unpaired) electrons. The standard InChI is InChI=1S/Cl6P.K/c1-7(2,3,4,5)6;/q-1;+1. The molecule has 0 aromatic rings. The molecule has 0 spiro atoms. The summed E-state index contributed by atoms with van der Waals surface area (Å²) in [7, 11) is 0. The van der Waals surface area contributed by atoms with Gasteiger partial charge in [-0.15, -0.1) is 0 Å². The van der Waals surface area contributed by atoms with Gasteiger partial charge in [0, 0.05) is 0 Å². The van der Waals surface area contributed by atoms with Crippen LogP contribution >= 0.6 is 69.5 Å². The third-order valence-corrected chi connectivity index (χ3v) is 0. The van der Waals surface area contributed by atoms with Gasteiger partial charge in [0.25, 0.3) is 0 Å². The van der Waals surface area contributed by atoms with Crippen molar-refractivity contribution in [3.05, 3.63) is 0 Å². The van der Waals surface area contributed by atoms with Gasteiger partial charge in [0.05, 0.1) is 0 Å². The summed E-state index contributed by atoms with van der Waals surface area (Å²) >= 11 is 30.0. The van der Waals surface area contributed by atoms with Crippen molar-refractivity contribution in [2.75, 3.05) is 0 Å². The van der Waals surface area contributed by atoms with E-state index >= 15 is 0 Å². The fraction of sp³-hybridized carbons (Fsp3) is 0. The van der Waals surface area contributed by atoms with Crippen LogP contribution in [0.2, 0.25) is 0 Å². The molecule has 0 aliphatic heterocycles. The normalized spacial score (nSPS) is 20.2. The molecule has 0 aromatic heterocycles. The molecule has 8 heavy (non-hydrogen) atoms. The second-order valence-corrected chi connectivity index (χ2v) is 25.9. The Morgan fingerprint density at radius 2 is 0.625 bits per heavy atom. The molecule has 0 atom stereocenters. The first kappa shape index (κ1) is 14.3. The molecule has 0 nitrogen and oxygen atoms in total. The van der Waals surface area contributed by atoms with Gasteiger partial charge >= 0.3 is 121 Å². The Morgan fingerprint density at radius 3 is 0.625 bits per heavy atom. The van der Waals surface area contributed by atoms with Gasteiger partial charge in [0.1, 0.15) is 0 Å². The Kier molecular flexibility index (Phi) is 5.27. The van der Waals surface area contributed by atoms with Crippen LogP contribution in [0.1, 0.15) is 0 Å². The van der Waals surface area contributed by atoms with Crippen LogP contribution in [0.4, 0.5) is 0 Å². The van der Waals surface area contributed by atoms with E-state index in [2.05, 4.69) is 0 Å². The summed E-state index contributed by atoms with van der Waals surface area (Å²) < 4.78 is -4.82. The first-order valence-electron chi connectivity index (χ1n) is 1.01. The van der Waals surface area contributed by atoms with E-state index in [-0.39, 0.29) is 51.4 Å². The number of hydrogen-bond acceptors (Lipinski definition) is 0. The van der Waals surface area contributed by atoms with E-state index in [9.17, 15) is 0 Å². The summed E-state index contributed by atoms with van der Waals surface area (Å²) in [5.74, 6) is 0. The molecule has 0 saturated carbocycles. The van der Waals surface area contributed by atoms with E-state index < -0.39 is 2.06 Å². The first-order valence-corrected chi connectivity index (χ1v) is 9.13. The van der Waals surface area contributed by atoms with Crippen molar-refractivity contribution in [3.63, 3.8) is 0 Å². The van der Waals surface area contributed by atoms with Crippen molar-refractivity contribution < 1.29 is 51.4 Å². The predicted molar refractivity (Wildman–Crippen MR) is 42.0 cm³/mol. The minimum absolute atomic E-state index is 0. The van der Waals surface area contributed by atoms with Crippen molar-refractivity contribution in [1.82, 2.24) is 0 Å². The van der Waals surface area contributed by atoms with E-state index in [1.165, 1.54) is 0 Å². The minimum atomic E-state index is -4.82. The van der Waals surface area contributed by atoms with Gasteiger partial charge in [0.2, 0.25) is 0 Å². The van der Waals surface area contributed by atoms with Gasteiger partial charge in [-0.05, 0) is 0 Å². The zero-order valence-corrected chi connectivity index (χ0v) is 12.3. The third kappa shape index (κ3) is 52.5. The second-order valence-electron chi connectivity index (χ2n) is 0.958. The maximum atomic E-state index is 5.00. The third-order valence-electron chi connectivity index (χ3n) is 0. The Labute approximate surface area is 118 Å². The molecule has 0 bridgehead atoms. The molecule has 8 heteroatoms. The molecule has 0 amide bonds. The number of rotatable bonds is 0. The summed E-state index contributed by atoms with van der Waals surface area (Å²) in [6.45, 7) is 0. The Hall–Kier alpha value is 3.81. The molecular weight excluding hydrogens is 283 g/mol. The van der Waals surface area contributed by atoms with Crippen molar-refractivity contribution in [2.45, 2.75) is 0 Å². The first-order chi connectivity index (χ1) is 2.45. The molecule has 0 aliphatic carbocycles. The van der Waals surface area contributed by atoms with Crippen molar-refractivity contribution in [1.29, 1.82) is 0 Å². The van der Waals surface area contributed by atoms with Crippen LogP contribution in [0.25, 0.3) is 0 Å². The van der Waals surface area contributed by atoms with E-state index in [0.717, 1.165) is 0 Å². The van der Waals surface area contributed by atoms with E-state index in [4.69, 9.17) is 67.4 Å². The Morgan fingerprint density at radius 1 is 0.625 bits per heavy atom. The largest absolute Gasteiger partial charge is 1.00 e. The molecular formula is Cl6KP. The zero-order chi connectivity index (χ0) is 6.41. The SMILES string of the molecule is Cl[P-](Cl)(Cl)(Cl)(Cl)Cl.[K+]. The quantitative estimate of drug-likeness (QED) is 0.471. The van der Waals surface area contributed by atoms with Gasteiger partial charge in [-0.3, -0.25) is 0 Å². The van der Waals surface area contributed by atoms with Crippen LogP contribution in [0, 0.1) is 0 Å². The zero-order valence-electron chi connectivity index (χ0n) is 3.72. The number of hydrogen-bond donors (Lipinski definition) is 0.